The number of hydrogen-bond donors (Lipinski definition) is 1. The molecule has 1 unspecified atom stereocenters. The fourth-order valence-corrected chi connectivity index (χ4v) is 2.74. The minimum absolute atomic E-state index is 0.105. The number of carbonyl (C=O) groups excluding carboxylic acids is 1. The number of esters is 1. The van der Waals surface area contributed by atoms with E-state index in [1.165, 1.54) is 11.1 Å². The standard InChI is InChI=1S/C15H21NO2/c1-3-18-14(17)11-15(16-2)9-8-12-6-4-5-7-13(12)10-15/h4-7,16H,3,8-11H2,1-2H3. The van der Waals surface area contributed by atoms with E-state index in [2.05, 4.69) is 29.6 Å². The molecule has 3 nitrogen and oxygen atoms in total. The number of rotatable bonds is 4. The monoisotopic (exact) mass is 247 g/mol. The molecule has 0 saturated heterocycles. The van der Waals surface area contributed by atoms with Gasteiger partial charge in [0.2, 0.25) is 0 Å². The molecule has 0 bridgehead atoms. The van der Waals surface area contributed by atoms with Crippen molar-refractivity contribution in [3.63, 3.8) is 0 Å². The maximum atomic E-state index is 11.7. The van der Waals surface area contributed by atoms with Crippen molar-refractivity contribution in [2.45, 2.75) is 38.1 Å². The molecule has 1 atom stereocenters. The van der Waals surface area contributed by atoms with E-state index >= 15 is 0 Å². The van der Waals surface area contributed by atoms with Gasteiger partial charge in [-0.25, -0.2) is 0 Å². The summed E-state index contributed by atoms with van der Waals surface area (Å²) >= 11 is 0. The van der Waals surface area contributed by atoms with Gasteiger partial charge in [0.05, 0.1) is 13.0 Å². The second kappa shape index (κ2) is 5.53. The molecule has 18 heavy (non-hydrogen) atoms. The van der Waals surface area contributed by atoms with E-state index in [0.29, 0.717) is 13.0 Å². The molecule has 1 aromatic carbocycles. The third-order valence-corrected chi connectivity index (χ3v) is 3.84. The number of carbonyl (C=O) groups is 1. The maximum Gasteiger partial charge on any atom is 0.307 e. The van der Waals surface area contributed by atoms with Crippen molar-refractivity contribution in [3.8, 4) is 0 Å². The summed E-state index contributed by atoms with van der Waals surface area (Å²) in [7, 11) is 1.94. The van der Waals surface area contributed by atoms with E-state index in [1.54, 1.807) is 0 Å². The lowest BCUT2D eigenvalue weighted by atomic mass is 9.76. The molecule has 0 aromatic heterocycles. The number of aryl methyl sites for hydroxylation is 1. The molecule has 1 aromatic rings. The van der Waals surface area contributed by atoms with Crippen molar-refractivity contribution in [2.24, 2.45) is 0 Å². The molecule has 2 rings (SSSR count). The molecule has 1 aliphatic carbocycles. The van der Waals surface area contributed by atoms with E-state index in [-0.39, 0.29) is 11.5 Å². The van der Waals surface area contributed by atoms with Crippen LogP contribution in [0.2, 0.25) is 0 Å². The minimum Gasteiger partial charge on any atom is -0.466 e. The molecule has 0 amide bonds. The lowest BCUT2D eigenvalue weighted by molar-refractivity contribution is -0.145. The summed E-state index contributed by atoms with van der Waals surface area (Å²) in [6.45, 7) is 2.30. The van der Waals surface area contributed by atoms with E-state index < -0.39 is 0 Å². The largest absolute Gasteiger partial charge is 0.466 e. The Kier molecular flexibility index (Phi) is 4.02. The van der Waals surface area contributed by atoms with Crippen molar-refractivity contribution >= 4 is 5.97 Å². The molecule has 0 radical (unpaired) electrons. The van der Waals surface area contributed by atoms with Crippen LogP contribution in [0.3, 0.4) is 0 Å². The molecule has 3 heteroatoms. The van der Waals surface area contributed by atoms with Gasteiger partial charge < -0.3 is 10.1 Å². The average molecular weight is 247 g/mol. The average Bonchev–Trinajstić information content (AvgIpc) is 2.39. The molecule has 0 spiro atoms. The number of ether oxygens (including phenoxy) is 1. The SMILES string of the molecule is CCOC(=O)CC1(NC)CCc2ccccc2C1. The van der Waals surface area contributed by atoms with Crippen molar-refractivity contribution in [3.05, 3.63) is 35.4 Å². The first kappa shape index (κ1) is 13.1. The van der Waals surface area contributed by atoms with E-state index in [1.807, 2.05) is 14.0 Å². The van der Waals surface area contributed by atoms with Crippen LogP contribution in [0.25, 0.3) is 0 Å². The van der Waals surface area contributed by atoms with Gasteiger partial charge in [-0.2, -0.15) is 0 Å². The van der Waals surface area contributed by atoms with Crippen LogP contribution >= 0.6 is 0 Å². The molecular formula is C15H21NO2. The highest BCUT2D eigenvalue weighted by Gasteiger charge is 2.35. The lowest BCUT2D eigenvalue weighted by Gasteiger charge is -2.37. The highest BCUT2D eigenvalue weighted by molar-refractivity contribution is 5.71. The van der Waals surface area contributed by atoms with Crippen molar-refractivity contribution < 1.29 is 9.53 Å². The summed E-state index contributed by atoms with van der Waals surface area (Å²) in [6.07, 6.45) is 3.36. The maximum absolute atomic E-state index is 11.7. The second-order valence-corrected chi connectivity index (χ2v) is 4.96. The topological polar surface area (TPSA) is 38.3 Å². The van der Waals surface area contributed by atoms with Gasteiger partial charge in [-0.3, -0.25) is 4.79 Å². The number of nitrogens with one attached hydrogen (secondary N) is 1. The molecule has 0 saturated carbocycles. The summed E-state index contributed by atoms with van der Waals surface area (Å²) in [5.74, 6) is -0.105. The lowest BCUT2D eigenvalue weighted by Crippen LogP contribution is -2.49. The smallest absolute Gasteiger partial charge is 0.307 e. The quantitative estimate of drug-likeness (QED) is 0.828. The van der Waals surface area contributed by atoms with Crippen LogP contribution in [0, 0.1) is 0 Å². The minimum atomic E-state index is -0.138. The molecular weight excluding hydrogens is 226 g/mol. The zero-order chi connectivity index (χ0) is 13.0. The van der Waals surface area contributed by atoms with Crippen molar-refractivity contribution in [2.75, 3.05) is 13.7 Å². The van der Waals surface area contributed by atoms with E-state index in [4.69, 9.17) is 4.74 Å². The molecule has 0 heterocycles. The highest BCUT2D eigenvalue weighted by atomic mass is 16.5. The van der Waals surface area contributed by atoms with Crippen molar-refractivity contribution in [1.82, 2.24) is 5.32 Å². The fourth-order valence-electron chi connectivity index (χ4n) is 2.74. The van der Waals surface area contributed by atoms with Gasteiger partial charge in [0.1, 0.15) is 0 Å². The Balaban J connectivity index is 2.13. The number of hydrogen-bond acceptors (Lipinski definition) is 3. The molecule has 98 valence electrons. The predicted octanol–water partition coefficient (Wildman–Crippen LogP) is 2.09. The Labute approximate surface area is 109 Å². The first-order valence-electron chi connectivity index (χ1n) is 6.60. The van der Waals surface area contributed by atoms with Gasteiger partial charge in [0.25, 0.3) is 0 Å². The first-order valence-corrected chi connectivity index (χ1v) is 6.60. The molecule has 0 aliphatic heterocycles. The Hall–Kier alpha value is -1.35. The van der Waals surface area contributed by atoms with E-state index in [9.17, 15) is 4.79 Å². The number of benzene rings is 1. The number of fused-ring (bicyclic) bond motifs is 1. The van der Waals surface area contributed by atoms with E-state index in [0.717, 1.165) is 19.3 Å². The summed E-state index contributed by atoms with van der Waals surface area (Å²) < 4.78 is 5.08. The molecule has 0 fully saturated rings. The molecule has 1 aliphatic rings. The van der Waals surface area contributed by atoms with Gasteiger partial charge in [-0.05, 0) is 44.4 Å². The Morgan fingerprint density at radius 2 is 2.11 bits per heavy atom. The summed E-state index contributed by atoms with van der Waals surface area (Å²) in [5, 5.41) is 3.35. The normalized spacial score (nSPS) is 22.3. The predicted molar refractivity (Wildman–Crippen MR) is 71.5 cm³/mol. The Morgan fingerprint density at radius 1 is 1.39 bits per heavy atom. The van der Waals surface area contributed by atoms with Crippen LogP contribution in [-0.2, 0) is 22.4 Å². The third kappa shape index (κ3) is 2.72. The molecule has 1 N–H and O–H groups in total. The zero-order valence-electron chi connectivity index (χ0n) is 11.2. The van der Waals surface area contributed by atoms with Crippen LogP contribution < -0.4 is 5.32 Å². The van der Waals surface area contributed by atoms with Gasteiger partial charge in [-0.15, -0.1) is 0 Å². The summed E-state index contributed by atoms with van der Waals surface area (Å²) in [5.41, 5.74) is 2.62. The third-order valence-electron chi connectivity index (χ3n) is 3.84. The van der Waals surface area contributed by atoms with Crippen LogP contribution in [-0.4, -0.2) is 25.2 Å². The van der Waals surface area contributed by atoms with Crippen molar-refractivity contribution in [1.29, 1.82) is 0 Å². The van der Waals surface area contributed by atoms with Gasteiger partial charge in [0.15, 0.2) is 0 Å². The Morgan fingerprint density at radius 3 is 2.78 bits per heavy atom. The van der Waals surface area contributed by atoms with Crippen LogP contribution in [0.1, 0.15) is 30.9 Å². The number of likely N-dealkylation sites (N-methyl/N-ethyl adjacent to an activating group) is 1. The van der Waals surface area contributed by atoms with Gasteiger partial charge in [0, 0.05) is 5.54 Å². The van der Waals surface area contributed by atoms with Gasteiger partial charge in [-0.1, -0.05) is 24.3 Å². The van der Waals surface area contributed by atoms with Crippen LogP contribution in [0.5, 0.6) is 0 Å². The second-order valence-electron chi connectivity index (χ2n) is 4.96. The first-order chi connectivity index (χ1) is 8.69. The summed E-state index contributed by atoms with van der Waals surface area (Å²) in [4.78, 5) is 11.7. The zero-order valence-corrected chi connectivity index (χ0v) is 11.2. The Bertz CT molecular complexity index is 430. The van der Waals surface area contributed by atoms with Gasteiger partial charge >= 0.3 is 5.97 Å². The highest BCUT2D eigenvalue weighted by Crippen LogP contribution is 2.31. The van der Waals surface area contributed by atoms with Crippen LogP contribution in [0.15, 0.2) is 24.3 Å². The van der Waals surface area contributed by atoms with Crippen LogP contribution in [0.4, 0.5) is 0 Å². The summed E-state index contributed by atoms with van der Waals surface area (Å²) in [6, 6.07) is 8.48. The fraction of sp³-hybridized carbons (Fsp3) is 0.533.